The van der Waals surface area contributed by atoms with Gasteiger partial charge < -0.3 is 13.6 Å². The van der Waals surface area contributed by atoms with Crippen molar-refractivity contribution < 1.29 is 4.42 Å². The molecule has 0 aliphatic carbocycles. The third-order valence-corrected chi connectivity index (χ3v) is 13.6. The largest absolute Gasteiger partial charge is 0.436 e. The molecule has 6 heterocycles. The molecule has 9 aromatic carbocycles. The Morgan fingerprint density at radius 3 is 1.81 bits per heavy atom. The van der Waals surface area contributed by atoms with Crippen LogP contribution in [-0.2, 0) is 0 Å². The Bertz CT molecular complexity index is 4320. The Balaban J connectivity index is 1.13. The number of nitrogens with zero attached hydrogens (tertiary/aromatic N) is 5. The number of para-hydroxylation sites is 6. The molecule has 64 heavy (non-hydrogen) atoms. The lowest BCUT2D eigenvalue weighted by Crippen LogP contribution is -2.03. The molecule has 6 heteroatoms. The second-order valence-electron chi connectivity index (χ2n) is 16.9. The van der Waals surface area contributed by atoms with Gasteiger partial charge >= 0.3 is 0 Å². The van der Waals surface area contributed by atoms with Gasteiger partial charge in [-0.1, -0.05) is 140 Å². The molecule has 6 nitrogen and oxygen atoms in total. The summed E-state index contributed by atoms with van der Waals surface area (Å²) in [5, 5.41) is 8.02. The summed E-state index contributed by atoms with van der Waals surface area (Å²) in [6.45, 7) is 0. The van der Waals surface area contributed by atoms with E-state index in [0.29, 0.717) is 5.71 Å². The summed E-state index contributed by atoms with van der Waals surface area (Å²) in [6, 6.07) is 71.9. The molecule has 0 spiro atoms. The van der Waals surface area contributed by atoms with Gasteiger partial charge in [0, 0.05) is 60.1 Å². The lowest BCUT2D eigenvalue weighted by atomic mass is 9.91. The predicted octanol–water partition coefficient (Wildman–Crippen LogP) is 15.0. The molecule has 0 bridgehead atoms. The third kappa shape index (κ3) is 4.38. The van der Waals surface area contributed by atoms with E-state index in [1.807, 2.05) is 18.2 Å². The number of furan rings is 1. The lowest BCUT2D eigenvalue weighted by molar-refractivity contribution is 0.653. The van der Waals surface area contributed by atoms with Crippen LogP contribution >= 0.6 is 0 Å². The van der Waals surface area contributed by atoms with Crippen LogP contribution in [0.5, 0.6) is 0 Å². The van der Waals surface area contributed by atoms with Crippen molar-refractivity contribution in [3.63, 3.8) is 0 Å². The maximum absolute atomic E-state index is 6.54. The van der Waals surface area contributed by atoms with Crippen molar-refractivity contribution >= 4 is 87.6 Å². The summed E-state index contributed by atoms with van der Waals surface area (Å²) in [5.41, 5.74) is 17.5. The van der Waals surface area contributed by atoms with Gasteiger partial charge in [0.15, 0.2) is 5.82 Å². The number of benzene rings is 9. The lowest BCUT2D eigenvalue weighted by Gasteiger charge is -2.14. The Kier molecular flexibility index (Phi) is 6.59. The monoisotopic (exact) mass is 815 g/mol. The van der Waals surface area contributed by atoms with Gasteiger partial charge in [0.25, 0.3) is 0 Å². The number of fused-ring (bicyclic) bond motifs is 18. The van der Waals surface area contributed by atoms with Crippen LogP contribution in [-0.4, -0.2) is 23.7 Å². The minimum absolute atomic E-state index is 0.508. The fourth-order valence-electron chi connectivity index (χ4n) is 11.0. The zero-order valence-electron chi connectivity index (χ0n) is 34.2. The Hall–Kier alpha value is -8.74. The molecule has 5 aromatic heterocycles. The van der Waals surface area contributed by atoms with E-state index in [4.69, 9.17) is 14.4 Å². The average molecular weight is 816 g/mol. The number of hydrogen-bond donors (Lipinski definition) is 0. The summed E-state index contributed by atoms with van der Waals surface area (Å²) in [7, 11) is 0. The van der Waals surface area contributed by atoms with Crippen LogP contribution in [0.2, 0.25) is 0 Å². The summed E-state index contributed by atoms with van der Waals surface area (Å²) in [4.78, 5) is 11.2. The van der Waals surface area contributed by atoms with E-state index in [1.165, 1.54) is 65.9 Å². The highest BCUT2D eigenvalue weighted by Crippen LogP contribution is 2.52. The van der Waals surface area contributed by atoms with Gasteiger partial charge in [0.2, 0.25) is 5.71 Å². The van der Waals surface area contributed by atoms with Crippen LogP contribution in [0.1, 0.15) is 0 Å². The molecular weight excluding hydrogens is 783 g/mol. The van der Waals surface area contributed by atoms with Crippen molar-refractivity contribution in [2.75, 3.05) is 0 Å². The van der Waals surface area contributed by atoms with Gasteiger partial charge in [-0.05, 0) is 71.8 Å². The average Bonchev–Trinajstić information content (AvgIpc) is 4.07. The highest BCUT2D eigenvalue weighted by molar-refractivity contribution is 6.28. The molecule has 0 unspecified atom stereocenters. The number of rotatable bonds is 3. The standard InChI is InChI=1S/C58H33N5O/c1-2-16-35(17-3-1)61-45-25-11-7-20-38(45)40-31-30-34(32-49(40)61)54-57(59-55-43-24-10-15-29-51(43)64-58(55)60-54)63-48-28-14-9-23-42(48)52-50(63)33-44-39-21-8-13-27-47(39)62-46-26-12-6-19-37(46)36-18-4-5-22-41(36)53(52)56(44)62/h1-33H. The first-order valence-electron chi connectivity index (χ1n) is 21.8. The predicted molar refractivity (Wildman–Crippen MR) is 262 cm³/mol. The quantitative estimate of drug-likeness (QED) is 0.178. The highest BCUT2D eigenvalue weighted by atomic mass is 16.3. The second-order valence-corrected chi connectivity index (χ2v) is 16.9. The maximum atomic E-state index is 6.54. The zero-order valence-corrected chi connectivity index (χ0v) is 34.2. The Labute approximate surface area is 365 Å². The van der Waals surface area contributed by atoms with Crippen LogP contribution < -0.4 is 0 Å². The van der Waals surface area contributed by atoms with Crippen molar-refractivity contribution in [1.82, 2.24) is 23.7 Å². The topological polar surface area (TPSA) is 53.7 Å². The third-order valence-electron chi connectivity index (χ3n) is 13.6. The van der Waals surface area contributed by atoms with Gasteiger partial charge in [0.05, 0.1) is 38.8 Å². The van der Waals surface area contributed by atoms with E-state index in [9.17, 15) is 0 Å². The Morgan fingerprint density at radius 2 is 1.00 bits per heavy atom. The molecule has 14 aromatic rings. The van der Waals surface area contributed by atoms with Crippen LogP contribution in [0.3, 0.4) is 0 Å². The molecule has 0 atom stereocenters. The molecule has 0 fully saturated rings. The molecule has 15 rings (SSSR count). The normalized spacial score (nSPS) is 12.4. The van der Waals surface area contributed by atoms with Gasteiger partial charge in [0.1, 0.15) is 16.8 Å². The summed E-state index contributed by atoms with van der Waals surface area (Å²) in [6.07, 6.45) is 0. The summed E-state index contributed by atoms with van der Waals surface area (Å²) < 4.78 is 13.8. The van der Waals surface area contributed by atoms with Gasteiger partial charge in [-0.3, -0.25) is 4.57 Å². The van der Waals surface area contributed by atoms with E-state index >= 15 is 0 Å². The van der Waals surface area contributed by atoms with Crippen LogP contribution in [0.25, 0.3) is 138 Å². The van der Waals surface area contributed by atoms with E-state index in [1.54, 1.807) is 0 Å². The van der Waals surface area contributed by atoms with Crippen LogP contribution in [0.15, 0.2) is 205 Å². The highest BCUT2D eigenvalue weighted by Gasteiger charge is 2.30. The number of aromatic nitrogens is 5. The maximum Gasteiger partial charge on any atom is 0.247 e. The second kappa shape index (κ2) is 12.4. The van der Waals surface area contributed by atoms with Crippen LogP contribution in [0.4, 0.5) is 0 Å². The van der Waals surface area contributed by atoms with Crippen LogP contribution in [0, 0.1) is 0 Å². The van der Waals surface area contributed by atoms with Crippen molar-refractivity contribution in [2.45, 2.75) is 0 Å². The molecule has 0 N–H and O–H groups in total. The van der Waals surface area contributed by atoms with E-state index in [-0.39, 0.29) is 0 Å². The fraction of sp³-hybridized carbons (Fsp3) is 0. The van der Waals surface area contributed by atoms with Gasteiger partial charge in [-0.25, -0.2) is 9.97 Å². The van der Waals surface area contributed by atoms with E-state index in [0.717, 1.165) is 66.7 Å². The first-order chi connectivity index (χ1) is 31.8. The smallest absolute Gasteiger partial charge is 0.247 e. The molecule has 1 aliphatic heterocycles. The molecule has 296 valence electrons. The molecule has 0 saturated carbocycles. The van der Waals surface area contributed by atoms with E-state index < -0.39 is 0 Å². The first kappa shape index (κ1) is 33.9. The van der Waals surface area contributed by atoms with Crippen molar-refractivity contribution in [2.24, 2.45) is 0 Å². The van der Waals surface area contributed by atoms with Crippen molar-refractivity contribution in [1.29, 1.82) is 0 Å². The zero-order chi connectivity index (χ0) is 41.6. The van der Waals surface area contributed by atoms with Crippen molar-refractivity contribution in [3.05, 3.63) is 200 Å². The molecule has 0 saturated heterocycles. The molecule has 1 aliphatic rings. The number of hydrogen-bond acceptors (Lipinski definition) is 3. The fourth-order valence-corrected chi connectivity index (χ4v) is 11.0. The van der Waals surface area contributed by atoms with E-state index in [2.05, 4.69) is 196 Å². The van der Waals surface area contributed by atoms with Crippen molar-refractivity contribution in [3.8, 4) is 50.7 Å². The summed E-state index contributed by atoms with van der Waals surface area (Å²) >= 11 is 0. The Morgan fingerprint density at radius 1 is 0.391 bits per heavy atom. The molecule has 0 amide bonds. The minimum Gasteiger partial charge on any atom is -0.436 e. The van der Waals surface area contributed by atoms with Gasteiger partial charge in [-0.2, -0.15) is 0 Å². The first-order valence-corrected chi connectivity index (χ1v) is 21.8. The van der Waals surface area contributed by atoms with Gasteiger partial charge in [-0.15, -0.1) is 0 Å². The molecule has 0 radical (unpaired) electrons. The molecular formula is C58H33N5O. The SMILES string of the molecule is c1ccc(-n2c3ccccc3c3ccc(-c4nc5oc6ccccc6c5nc4-n4c5ccccc5c5c6c7c(cc54)c4ccccc4n7-c4ccccc4-c4ccccc4-6)cc32)cc1. The minimum atomic E-state index is 0.508. The summed E-state index contributed by atoms with van der Waals surface area (Å²) in [5.74, 6) is 0.743.